The van der Waals surface area contributed by atoms with Crippen molar-refractivity contribution < 1.29 is 0 Å². The minimum Gasteiger partial charge on any atom is -0.299 e. The van der Waals surface area contributed by atoms with Gasteiger partial charge in [0.2, 0.25) is 0 Å². The third-order valence-electron chi connectivity index (χ3n) is 4.84. The van der Waals surface area contributed by atoms with Gasteiger partial charge in [-0.05, 0) is 87.4 Å². The summed E-state index contributed by atoms with van der Waals surface area (Å²) in [6.07, 6.45) is 2.69. The van der Waals surface area contributed by atoms with Crippen molar-refractivity contribution in [2.24, 2.45) is 5.92 Å². The molecule has 108 valence electrons. The van der Waals surface area contributed by atoms with Gasteiger partial charge in [0.1, 0.15) is 0 Å². The summed E-state index contributed by atoms with van der Waals surface area (Å²) in [7, 11) is 2.28. The Balaban J connectivity index is 2.53. The molecule has 0 spiro atoms. The summed E-state index contributed by atoms with van der Waals surface area (Å²) in [5, 5.41) is 0. The summed E-state index contributed by atoms with van der Waals surface area (Å²) >= 11 is 0. The smallest absolute Gasteiger partial charge is 0.0125 e. The van der Waals surface area contributed by atoms with Gasteiger partial charge in [-0.1, -0.05) is 0 Å². The van der Waals surface area contributed by atoms with E-state index in [9.17, 15) is 0 Å². The van der Waals surface area contributed by atoms with Crippen molar-refractivity contribution in [1.82, 2.24) is 9.80 Å². The molecule has 0 aromatic carbocycles. The highest BCUT2D eigenvalue weighted by atomic mass is 15.2. The fraction of sp³-hybridized carbons (Fsp3) is 1.00. The minimum atomic E-state index is 0.278. The lowest BCUT2D eigenvalue weighted by molar-refractivity contribution is 0.0320. The monoisotopic (exact) mass is 254 g/mol. The molecule has 0 saturated carbocycles. The van der Waals surface area contributed by atoms with Gasteiger partial charge in [-0.2, -0.15) is 0 Å². The van der Waals surface area contributed by atoms with E-state index in [1.807, 2.05) is 0 Å². The van der Waals surface area contributed by atoms with Crippen LogP contribution in [0.1, 0.15) is 61.3 Å². The zero-order chi connectivity index (χ0) is 14.1. The van der Waals surface area contributed by atoms with Crippen LogP contribution in [0.15, 0.2) is 0 Å². The lowest BCUT2D eigenvalue weighted by atomic mass is 9.86. The van der Waals surface area contributed by atoms with E-state index >= 15 is 0 Å². The number of hydrogen-bond donors (Lipinski definition) is 0. The first-order chi connectivity index (χ1) is 8.03. The summed E-state index contributed by atoms with van der Waals surface area (Å²) in [6.45, 7) is 18.9. The van der Waals surface area contributed by atoms with Crippen LogP contribution < -0.4 is 0 Å². The molecule has 0 radical (unpaired) electrons. The second kappa shape index (κ2) is 5.50. The summed E-state index contributed by atoms with van der Waals surface area (Å²) in [4.78, 5) is 5.18. The maximum absolute atomic E-state index is 2.63. The molecule has 18 heavy (non-hydrogen) atoms. The molecule has 1 rings (SSSR count). The van der Waals surface area contributed by atoms with E-state index in [4.69, 9.17) is 0 Å². The van der Waals surface area contributed by atoms with E-state index in [1.54, 1.807) is 0 Å². The van der Waals surface area contributed by atoms with E-state index in [0.29, 0.717) is 11.6 Å². The van der Waals surface area contributed by atoms with Crippen LogP contribution in [-0.4, -0.2) is 47.1 Å². The molecule has 0 aromatic heterocycles. The van der Waals surface area contributed by atoms with Crippen LogP contribution in [0, 0.1) is 5.92 Å². The molecule has 1 aliphatic heterocycles. The third-order valence-corrected chi connectivity index (χ3v) is 4.84. The van der Waals surface area contributed by atoms with Crippen LogP contribution >= 0.6 is 0 Å². The molecular formula is C16H34N2. The van der Waals surface area contributed by atoms with Gasteiger partial charge >= 0.3 is 0 Å². The van der Waals surface area contributed by atoms with Crippen molar-refractivity contribution in [1.29, 1.82) is 0 Å². The van der Waals surface area contributed by atoms with Gasteiger partial charge < -0.3 is 0 Å². The molecule has 2 heteroatoms. The van der Waals surface area contributed by atoms with Crippen LogP contribution in [0.3, 0.4) is 0 Å². The molecule has 1 saturated heterocycles. The van der Waals surface area contributed by atoms with Gasteiger partial charge in [0.25, 0.3) is 0 Å². The molecule has 0 aliphatic carbocycles. The SMILES string of the molecule is C[C@@H](C1CCN(C(C)(C)C)CC1)N(C)C(C)(C)C. The molecule has 0 unspecified atom stereocenters. The maximum atomic E-state index is 2.63. The highest BCUT2D eigenvalue weighted by Crippen LogP contribution is 2.29. The fourth-order valence-electron chi connectivity index (χ4n) is 2.98. The zero-order valence-electron chi connectivity index (χ0n) is 13.9. The summed E-state index contributed by atoms with van der Waals surface area (Å²) in [6, 6.07) is 0.687. The maximum Gasteiger partial charge on any atom is 0.0125 e. The van der Waals surface area contributed by atoms with Crippen molar-refractivity contribution in [3.8, 4) is 0 Å². The summed E-state index contributed by atoms with van der Waals surface area (Å²) in [5.74, 6) is 0.854. The molecule has 0 N–H and O–H groups in total. The quantitative estimate of drug-likeness (QED) is 0.742. The summed E-state index contributed by atoms with van der Waals surface area (Å²) < 4.78 is 0. The van der Waals surface area contributed by atoms with E-state index in [2.05, 4.69) is 65.3 Å². The van der Waals surface area contributed by atoms with Crippen molar-refractivity contribution in [2.75, 3.05) is 20.1 Å². The minimum absolute atomic E-state index is 0.278. The van der Waals surface area contributed by atoms with Crippen LogP contribution in [0.4, 0.5) is 0 Å². The number of piperidine rings is 1. The third kappa shape index (κ3) is 3.96. The first kappa shape index (κ1) is 16.0. The van der Waals surface area contributed by atoms with E-state index < -0.39 is 0 Å². The molecule has 0 amide bonds. The van der Waals surface area contributed by atoms with Crippen LogP contribution in [0.25, 0.3) is 0 Å². The molecule has 0 bridgehead atoms. The lowest BCUT2D eigenvalue weighted by Crippen LogP contribution is -2.52. The predicted molar refractivity (Wildman–Crippen MR) is 81.0 cm³/mol. The predicted octanol–water partition coefficient (Wildman–Crippen LogP) is 3.62. The second-order valence-electron chi connectivity index (χ2n) is 8.02. The molecule has 2 nitrogen and oxygen atoms in total. The van der Waals surface area contributed by atoms with Crippen molar-refractivity contribution in [3.05, 3.63) is 0 Å². The van der Waals surface area contributed by atoms with Crippen LogP contribution in [0.5, 0.6) is 0 Å². The standard InChI is InChI=1S/C16H34N2/c1-13(17(8)15(2,3)4)14-9-11-18(12-10-14)16(5,6)7/h13-14H,9-12H2,1-8H3/t13-/m0/s1. The summed E-state index contributed by atoms with van der Waals surface area (Å²) in [5.41, 5.74) is 0.616. The average molecular weight is 254 g/mol. The highest BCUT2D eigenvalue weighted by Gasteiger charge is 2.33. The van der Waals surface area contributed by atoms with Gasteiger partial charge in [-0.3, -0.25) is 9.80 Å². The van der Waals surface area contributed by atoms with Gasteiger partial charge in [0.15, 0.2) is 0 Å². The van der Waals surface area contributed by atoms with E-state index in [1.165, 1.54) is 25.9 Å². The Morgan fingerprint density at radius 2 is 1.44 bits per heavy atom. The van der Waals surface area contributed by atoms with Gasteiger partial charge in [-0.25, -0.2) is 0 Å². The first-order valence-electron chi connectivity index (χ1n) is 7.51. The molecule has 1 fully saturated rings. The van der Waals surface area contributed by atoms with Gasteiger partial charge in [0, 0.05) is 17.1 Å². The Bertz CT molecular complexity index is 251. The molecule has 0 aromatic rings. The Morgan fingerprint density at radius 3 is 1.78 bits per heavy atom. The lowest BCUT2D eigenvalue weighted by Gasteiger charge is -2.46. The average Bonchev–Trinajstić information content (AvgIpc) is 2.25. The Morgan fingerprint density at radius 1 is 1.00 bits per heavy atom. The number of likely N-dealkylation sites (tertiary alicyclic amines) is 1. The Labute approximate surface area is 115 Å². The van der Waals surface area contributed by atoms with Crippen molar-refractivity contribution in [2.45, 2.75) is 78.4 Å². The zero-order valence-corrected chi connectivity index (χ0v) is 13.9. The number of nitrogens with zero attached hydrogens (tertiary/aromatic N) is 2. The molecular weight excluding hydrogens is 220 g/mol. The van der Waals surface area contributed by atoms with E-state index in [0.717, 1.165) is 5.92 Å². The fourth-order valence-corrected chi connectivity index (χ4v) is 2.98. The second-order valence-corrected chi connectivity index (χ2v) is 8.02. The Kier molecular flexibility index (Phi) is 4.88. The van der Waals surface area contributed by atoms with Crippen molar-refractivity contribution in [3.63, 3.8) is 0 Å². The normalized spacial score (nSPS) is 22.5. The number of hydrogen-bond acceptors (Lipinski definition) is 2. The molecule has 1 aliphatic rings. The van der Waals surface area contributed by atoms with Crippen LogP contribution in [-0.2, 0) is 0 Å². The van der Waals surface area contributed by atoms with Gasteiger partial charge in [0.05, 0.1) is 0 Å². The van der Waals surface area contributed by atoms with Crippen molar-refractivity contribution >= 4 is 0 Å². The topological polar surface area (TPSA) is 6.48 Å². The van der Waals surface area contributed by atoms with Crippen LogP contribution in [0.2, 0.25) is 0 Å². The van der Waals surface area contributed by atoms with Gasteiger partial charge in [-0.15, -0.1) is 0 Å². The Hall–Kier alpha value is -0.0800. The largest absolute Gasteiger partial charge is 0.299 e. The molecule has 1 atom stereocenters. The highest BCUT2D eigenvalue weighted by molar-refractivity contribution is 4.88. The van der Waals surface area contributed by atoms with E-state index in [-0.39, 0.29) is 5.54 Å². The number of rotatable bonds is 2. The molecule has 1 heterocycles. The first-order valence-corrected chi connectivity index (χ1v) is 7.51.